The third-order valence-electron chi connectivity index (χ3n) is 5.31. The maximum Gasteiger partial charge on any atom is 0.258 e. The first kappa shape index (κ1) is 18.3. The zero-order valence-electron chi connectivity index (χ0n) is 16.5. The summed E-state index contributed by atoms with van der Waals surface area (Å²) in [5, 5.41) is 3.95. The lowest BCUT2D eigenvalue weighted by Crippen LogP contribution is -2.36. The second kappa shape index (κ2) is 7.50. The van der Waals surface area contributed by atoms with Gasteiger partial charge in [-0.3, -0.25) is 4.79 Å². The number of para-hydroxylation sites is 1. The molecule has 5 nitrogen and oxygen atoms in total. The highest BCUT2D eigenvalue weighted by molar-refractivity contribution is 6.07. The molecule has 1 aliphatic heterocycles. The fourth-order valence-electron chi connectivity index (χ4n) is 3.79. The highest BCUT2D eigenvalue weighted by Crippen LogP contribution is 2.32. The predicted molar refractivity (Wildman–Crippen MR) is 108 cm³/mol. The Morgan fingerprint density at radius 1 is 1.18 bits per heavy atom. The Morgan fingerprint density at radius 2 is 2.00 bits per heavy atom. The van der Waals surface area contributed by atoms with Crippen molar-refractivity contribution in [1.82, 2.24) is 5.16 Å². The van der Waals surface area contributed by atoms with Gasteiger partial charge in [-0.25, -0.2) is 0 Å². The van der Waals surface area contributed by atoms with E-state index >= 15 is 0 Å². The van der Waals surface area contributed by atoms with Crippen LogP contribution in [-0.4, -0.2) is 17.6 Å². The molecule has 0 bridgehead atoms. The zero-order chi connectivity index (χ0) is 19.7. The molecule has 28 heavy (non-hydrogen) atoms. The van der Waals surface area contributed by atoms with Crippen LogP contribution in [0.25, 0.3) is 0 Å². The molecule has 0 spiro atoms. The van der Waals surface area contributed by atoms with Crippen molar-refractivity contribution in [3.63, 3.8) is 0 Å². The van der Waals surface area contributed by atoms with Crippen molar-refractivity contribution in [2.75, 3.05) is 11.4 Å². The van der Waals surface area contributed by atoms with Gasteiger partial charge in [0.25, 0.3) is 5.91 Å². The Labute approximate surface area is 164 Å². The van der Waals surface area contributed by atoms with E-state index < -0.39 is 0 Å². The van der Waals surface area contributed by atoms with E-state index in [-0.39, 0.29) is 5.91 Å². The van der Waals surface area contributed by atoms with E-state index in [0.29, 0.717) is 17.9 Å². The van der Waals surface area contributed by atoms with Crippen LogP contribution in [0.15, 0.2) is 47.0 Å². The number of aryl methyl sites for hydroxylation is 4. The van der Waals surface area contributed by atoms with Crippen molar-refractivity contribution in [2.45, 2.75) is 40.2 Å². The second-order valence-electron chi connectivity index (χ2n) is 7.26. The Balaban J connectivity index is 1.56. The van der Waals surface area contributed by atoms with E-state index in [4.69, 9.17) is 9.26 Å². The third-order valence-corrected chi connectivity index (χ3v) is 5.31. The average Bonchev–Trinajstić information content (AvgIpc) is 3.03. The van der Waals surface area contributed by atoms with E-state index in [1.54, 1.807) is 0 Å². The van der Waals surface area contributed by atoms with Gasteiger partial charge in [-0.1, -0.05) is 29.4 Å². The number of fused-ring (bicyclic) bond motifs is 1. The molecule has 1 amide bonds. The van der Waals surface area contributed by atoms with E-state index in [9.17, 15) is 4.79 Å². The normalized spacial score (nSPS) is 13.3. The van der Waals surface area contributed by atoms with Gasteiger partial charge < -0.3 is 14.2 Å². The molecule has 3 aromatic rings. The fraction of sp³-hybridized carbons (Fsp3) is 0.304. The average molecular weight is 376 g/mol. The molecule has 1 aromatic heterocycles. The number of amides is 1. The molecule has 0 N–H and O–H groups in total. The first-order valence-corrected chi connectivity index (χ1v) is 9.59. The monoisotopic (exact) mass is 376 g/mol. The number of carbonyl (C=O) groups excluding carboxylic acids is 1. The summed E-state index contributed by atoms with van der Waals surface area (Å²) < 4.78 is 11.1. The van der Waals surface area contributed by atoms with Crippen molar-refractivity contribution < 1.29 is 14.1 Å². The molecule has 2 heterocycles. The minimum atomic E-state index is 0.0121. The van der Waals surface area contributed by atoms with Crippen molar-refractivity contribution >= 4 is 11.6 Å². The minimum Gasteiger partial charge on any atom is -0.489 e. The van der Waals surface area contributed by atoms with Crippen LogP contribution in [0.1, 0.15) is 44.9 Å². The van der Waals surface area contributed by atoms with Crippen molar-refractivity contribution in [1.29, 1.82) is 0 Å². The SMILES string of the molecule is Cc1cccc2c1N(C(=O)c1cccc(OCc3c(C)noc3C)c1)CCC2. The van der Waals surface area contributed by atoms with Crippen LogP contribution in [-0.2, 0) is 13.0 Å². The number of ether oxygens (including phenoxy) is 1. The summed E-state index contributed by atoms with van der Waals surface area (Å²) in [5.74, 6) is 1.43. The molecule has 0 saturated heterocycles. The number of carbonyl (C=O) groups is 1. The molecule has 0 atom stereocenters. The molecule has 144 valence electrons. The Bertz CT molecular complexity index is 1000. The van der Waals surface area contributed by atoms with Gasteiger partial charge in [0, 0.05) is 12.1 Å². The van der Waals surface area contributed by atoms with Crippen molar-refractivity contribution in [3.05, 3.63) is 76.2 Å². The van der Waals surface area contributed by atoms with E-state index in [2.05, 4.69) is 30.3 Å². The number of nitrogens with zero attached hydrogens (tertiary/aromatic N) is 2. The number of hydrogen-bond acceptors (Lipinski definition) is 4. The summed E-state index contributed by atoms with van der Waals surface area (Å²) in [7, 11) is 0. The maximum atomic E-state index is 13.3. The number of anilines is 1. The summed E-state index contributed by atoms with van der Waals surface area (Å²) in [6.45, 7) is 6.93. The maximum absolute atomic E-state index is 13.3. The van der Waals surface area contributed by atoms with Gasteiger partial charge in [0.2, 0.25) is 0 Å². The topological polar surface area (TPSA) is 55.6 Å². The molecule has 0 radical (unpaired) electrons. The third kappa shape index (κ3) is 3.40. The van der Waals surface area contributed by atoms with Crippen LogP contribution in [0.2, 0.25) is 0 Å². The molecule has 0 saturated carbocycles. The van der Waals surface area contributed by atoms with Gasteiger partial charge in [0.15, 0.2) is 0 Å². The molecule has 0 aliphatic carbocycles. The number of rotatable bonds is 4. The molecule has 5 heteroatoms. The quantitative estimate of drug-likeness (QED) is 0.658. The van der Waals surface area contributed by atoms with Gasteiger partial charge >= 0.3 is 0 Å². The van der Waals surface area contributed by atoms with Crippen LogP contribution in [0.5, 0.6) is 5.75 Å². The highest BCUT2D eigenvalue weighted by atomic mass is 16.5. The van der Waals surface area contributed by atoms with Gasteiger partial charge in [-0.15, -0.1) is 0 Å². The first-order chi connectivity index (χ1) is 13.5. The Morgan fingerprint density at radius 3 is 2.79 bits per heavy atom. The summed E-state index contributed by atoms with van der Waals surface area (Å²) in [5.41, 5.74) is 5.83. The molecule has 0 unspecified atom stereocenters. The minimum absolute atomic E-state index is 0.0121. The van der Waals surface area contributed by atoms with Crippen LogP contribution in [0.4, 0.5) is 5.69 Å². The van der Waals surface area contributed by atoms with Crippen molar-refractivity contribution in [2.24, 2.45) is 0 Å². The summed E-state index contributed by atoms with van der Waals surface area (Å²) >= 11 is 0. The van der Waals surface area contributed by atoms with Crippen molar-refractivity contribution in [3.8, 4) is 5.75 Å². The molecular formula is C23H24N2O3. The lowest BCUT2D eigenvalue weighted by atomic mass is 9.97. The van der Waals surface area contributed by atoms with E-state index in [0.717, 1.165) is 47.7 Å². The fourth-order valence-corrected chi connectivity index (χ4v) is 3.79. The summed E-state index contributed by atoms with van der Waals surface area (Å²) in [6, 6.07) is 13.6. The zero-order valence-corrected chi connectivity index (χ0v) is 16.5. The lowest BCUT2D eigenvalue weighted by Gasteiger charge is -2.31. The molecule has 0 fully saturated rings. The van der Waals surface area contributed by atoms with E-state index in [1.165, 1.54) is 5.56 Å². The molecule has 2 aromatic carbocycles. The van der Waals surface area contributed by atoms with Crippen LogP contribution in [0.3, 0.4) is 0 Å². The Hall–Kier alpha value is -3.08. The largest absolute Gasteiger partial charge is 0.489 e. The number of hydrogen-bond donors (Lipinski definition) is 0. The van der Waals surface area contributed by atoms with E-state index in [1.807, 2.05) is 43.0 Å². The Kier molecular flexibility index (Phi) is 4.90. The summed E-state index contributed by atoms with van der Waals surface area (Å²) in [6.07, 6.45) is 1.99. The smallest absolute Gasteiger partial charge is 0.258 e. The molecule has 1 aliphatic rings. The second-order valence-corrected chi connectivity index (χ2v) is 7.26. The van der Waals surface area contributed by atoms with Crippen LogP contribution >= 0.6 is 0 Å². The predicted octanol–water partition coefficient (Wildman–Crippen LogP) is 4.77. The van der Waals surface area contributed by atoms with Gasteiger partial charge in [0.1, 0.15) is 18.1 Å². The van der Waals surface area contributed by atoms with Gasteiger partial charge in [-0.2, -0.15) is 0 Å². The lowest BCUT2D eigenvalue weighted by molar-refractivity contribution is 0.0984. The molecule has 4 rings (SSSR count). The highest BCUT2D eigenvalue weighted by Gasteiger charge is 2.25. The molecular weight excluding hydrogens is 352 g/mol. The van der Waals surface area contributed by atoms with Gasteiger partial charge in [-0.05, 0) is 62.9 Å². The number of benzene rings is 2. The summed E-state index contributed by atoms with van der Waals surface area (Å²) in [4.78, 5) is 15.2. The van der Waals surface area contributed by atoms with Crippen LogP contribution < -0.4 is 9.64 Å². The van der Waals surface area contributed by atoms with Gasteiger partial charge in [0.05, 0.1) is 16.9 Å². The van der Waals surface area contributed by atoms with Crippen LogP contribution in [0, 0.1) is 20.8 Å². The first-order valence-electron chi connectivity index (χ1n) is 9.59. The standard InChI is InChI=1S/C23H24N2O3/c1-15-7-4-8-18-10-6-12-25(22(15)18)23(26)19-9-5-11-20(13-19)27-14-21-16(2)24-28-17(21)3/h4-5,7-9,11,13H,6,10,12,14H2,1-3H3. The number of aromatic nitrogens is 1.